The molecule has 0 spiro atoms. The molecule has 1 fully saturated rings. The van der Waals surface area contributed by atoms with Gasteiger partial charge in [0.25, 0.3) is 0 Å². The lowest BCUT2D eigenvalue weighted by Crippen LogP contribution is -2.32. The Morgan fingerprint density at radius 3 is 2.67 bits per heavy atom. The van der Waals surface area contributed by atoms with Gasteiger partial charge in [-0.15, -0.1) is 0 Å². The zero-order chi connectivity index (χ0) is 10.7. The number of hydrogen-bond acceptors (Lipinski definition) is 2. The number of aryl methyl sites for hydroxylation is 1. The van der Waals surface area contributed by atoms with Crippen LogP contribution in [-0.2, 0) is 6.54 Å². The van der Waals surface area contributed by atoms with E-state index in [2.05, 4.69) is 55.2 Å². The van der Waals surface area contributed by atoms with Crippen molar-refractivity contribution in [1.29, 1.82) is 0 Å². The highest BCUT2D eigenvalue weighted by Gasteiger charge is 2.22. The van der Waals surface area contributed by atoms with Crippen LogP contribution < -0.4 is 5.32 Å². The van der Waals surface area contributed by atoms with E-state index in [-0.39, 0.29) is 0 Å². The fourth-order valence-electron chi connectivity index (χ4n) is 1.95. The van der Waals surface area contributed by atoms with Gasteiger partial charge in [-0.1, -0.05) is 36.8 Å². The highest BCUT2D eigenvalue weighted by molar-refractivity contribution is 8.00. The third-order valence-electron chi connectivity index (χ3n) is 3.07. The summed E-state index contributed by atoms with van der Waals surface area (Å²) in [5.41, 5.74) is 2.73. The van der Waals surface area contributed by atoms with Crippen molar-refractivity contribution in [2.75, 3.05) is 5.75 Å². The summed E-state index contributed by atoms with van der Waals surface area (Å²) in [6.07, 6.45) is 1.32. The predicted molar refractivity (Wildman–Crippen MR) is 68.3 cm³/mol. The second-order valence-corrected chi connectivity index (χ2v) is 5.82. The molecule has 2 atom stereocenters. The van der Waals surface area contributed by atoms with E-state index in [1.165, 1.54) is 23.3 Å². The molecule has 1 aliphatic rings. The summed E-state index contributed by atoms with van der Waals surface area (Å²) in [6, 6.07) is 9.51. The third kappa shape index (κ3) is 2.99. The zero-order valence-corrected chi connectivity index (χ0v) is 10.3. The molecule has 1 saturated heterocycles. The quantitative estimate of drug-likeness (QED) is 0.842. The average molecular weight is 221 g/mol. The smallest absolute Gasteiger partial charge is 0.0208 e. The predicted octanol–water partition coefficient (Wildman–Crippen LogP) is 2.98. The number of nitrogens with one attached hydrogen (secondary N) is 1. The van der Waals surface area contributed by atoms with Gasteiger partial charge >= 0.3 is 0 Å². The molecule has 0 aromatic heterocycles. The Hall–Kier alpha value is -0.470. The summed E-state index contributed by atoms with van der Waals surface area (Å²) in [5.74, 6) is 1.31. The van der Waals surface area contributed by atoms with Gasteiger partial charge in [0.05, 0.1) is 0 Å². The maximum absolute atomic E-state index is 3.65. The van der Waals surface area contributed by atoms with Gasteiger partial charge in [0.2, 0.25) is 0 Å². The second-order valence-electron chi connectivity index (χ2n) is 4.34. The van der Waals surface area contributed by atoms with Crippen LogP contribution in [0.15, 0.2) is 24.3 Å². The lowest BCUT2D eigenvalue weighted by molar-refractivity contribution is 0.513. The molecule has 0 radical (unpaired) electrons. The fraction of sp³-hybridized carbons (Fsp3) is 0.538. The number of thioether (sulfide) groups is 1. The first-order valence-corrected chi connectivity index (χ1v) is 6.71. The molecule has 0 amide bonds. The SMILES string of the molecule is Cc1ccc(CNC2CCSC2C)cc1. The van der Waals surface area contributed by atoms with Crippen molar-refractivity contribution in [2.45, 2.75) is 38.1 Å². The normalized spacial score (nSPS) is 25.7. The summed E-state index contributed by atoms with van der Waals surface area (Å²) in [7, 11) is 0. The van der Waals surface area contributed by atoms with Crippen molar-refractivity contribution < 1.29 is 0 Å². The highest BCUT2D eigenvalue weighted by Crippen LogP contribution is 2.26. The van der Waals surface area contributed by atoms with E-state index < -0.39 is 0 Å². The number of rotatable bonds is 3. The number of benzene rings is 1. The van der Waals surface area contributed by atoms with Crippen molar-refractivity contribution in [3.05, 3.63) is 35.4 Å². The van der Waals surface area contributed by atoms with Crippen molar-refractivity contribution in [3.8, 4) is 0 Å². The Morgan fingerprint density at radius 1 is 1.33 bits per heavy atom. The Kier molecular flexibility index (Phi) is 3.71. The van der Waals surface area contributed by atoms with Gasteiger partial charge in [-0.25, -0.2) is 0 Å². The maximum atomic E-state index is 3.65. The van der Waals surface area contributed by atoms with Crippen LogP contribution >= 0.6 is 11.8 Å². The Balaban J connectivity index is 1.85. The lowest BCUT2D eigenvalue weighted by atomic mass is 10.1. The molecule has 1 heterocycles. The lowest BCUT2D eigenvalue weighted by Gasteiger charge is -2.16. The van der Waals surface area contributed by atoms with Crippen LogP contribution in [-0.4, -0.2) is 17.0 Å². The number of hydrogen-bond donors (Lipinski definition) is 1. The van der Waals surface area contributed by atoms with Gasteiger partial charge in [-0.3, -0.25) is 0 Å². The van der Waals surface area contributed by atoms with Crippen molar-refractivity contribution >= 4 is 11.8 Å². The summed E-state index contributed by atoms with van der Waals surface area (Å²) < 4.78 is 0. The van der Waals surface area contributed by atoms with E-state index >= 15 is 0 Å². The van der Waals surface area contributed by atoms with Crippen molar-refractivity contribution in [2.24, 2.45) is 0 Å². The minimum atomic E-state index is 0.705. The van der Waals surface area contributed by atoms with Crippen LogP contribution in [0.3, 0.4) is 0 Å². The maximum Gasteiger partial charge on any atom is 0.0208 e. The summed E-state index contributed by atoms with van der Waals surface area (Å²) >= 11 is 2.08. The minimum absolute atomic E-state index is 0.705. The molecule has 2 unspecified atom stereocenters. The molecule has 82 valence electrons. The molecule has 0 aliphatic carbocycles. The summed E-state index contributed by atoms with van der Waals surface area (Å²) in [4.78, 5) is 0. The monoisotopic (exact) mass is 221 g/mol. The fourth-order valence-corrected chi connectivity index (χ4v) is 3.18. The molecular formula is C13H19NS. The molecule has 0 saturated carbocycles. The topological polar surface area (TPSA) is 12.0 Å². The van der Waals surface area contributed by atoms with E-state index in [9.17, 15) is 0 Å². The molecule has 1 N–H and O–H groups in total. The summed E-state index contributed by atoms with van der Waals surface area (Å²) in [5, 5.41) is 4.42. The van der Waals surface area contributed by atoms with Gasteiger partial charge < -0.3 is 5.32 Å². The standard InChI is InChI=1S/C13H19NS/c1-10-3-5-12(6-4-10)9-14-13-7-8-15-11(13)2/h3-6,11,13-14H,7-9H2,1-2H3. The van der Waals surface area contributed by atoms with Crippen LogP contribution in [0.25, 0.3) is 0 Å². The van der Waals surface area contributed by atoms with Gasteiger partial charge in [0.1, 0.15) is 0 Å². The van der Waals surface area contributed by atoms with Gasteiger partial charge in [-0.2, -0.15) is 11.8 Å². The van der Waals surface area contributed by atoms with Crippen molar-refractivity contribution in [1.82, 2.24) is 5.32 Å². The van der Waals surface area contributed by atoms with Gasteiger partial charge in [0, 0.05) is 17.8 Å². The van der Waals surface area contributed by atoms with Gasteiger partial charge in [-0.05, 0) is 24.7 Å². The molecular weight excluding hydrogens is 202 g/mol. The Morgan fingerprint density at radius 2 is 2.07 bits per heavy atom. The highest BCUT2D eigenvalue weighted by atomic mass is 32.2. The average Bonchev–Trinajstić information content (AvgIpc) is 2.63. The first-order chi connectivity index (χ1) is 7.25. The first-order valence-electron chi connectivity index (χ1n) is 5.66. The van der Waals surface area contributed by atoms with E-state index in [1.807, 2.05) is 0 Å². The van der Waals surface area contributed by atoms with E-state index in [0.717, 1.165) is 11.8 Å². The zero-order valence-electron chi connectivity index (χ0n) is 9.49. The summed E-state index contributed by atoms with van der Waals surface area (Å²) in [6.45, 7) is 5.47. The van der Waals surface area contributed by atoms with Crippen molar-refractivity contribution in [3.63, 3.8) is 0 Å². The van der Waals surface area contributed by atoms with E-state index in [4.69, 9.17) is 0 Å². The molecule has 1 aliphatic heterocycles. The van der Waals surface area contributed by atoms with Crippen LogP contribution in [0.5, 0.6) is 0 Å². The largest absolute Gasteiger partial charge is 0.309 e. The molecule has 15 heavy (non-hydrogen) atoms. The molecule has 0 bridgehead atoms. The molecule has 1 aromatic carbocycles. The van der Waals surface area contributed by atoms with Crippen LogP contribution in [0, 0.1) is 6.92 Å². The molecule has 2 rings (SSSR count). The Labute approximate surface area is 96.7 Å². The first kappa shape index (κ1) is 11.0. The third-order valence-corrected chi connectivity index (χ3v) is 4.39. The van der Waals surface area contributed by atoms with Crippen LogP contribution in [0.2, 0.25) is 0 Å². The minimum Gasteiger partial charge on any atom is -0.309 e. The van der Waals surface area contributed by atoms with E-state index in [0.29, 0.717) is 6.04 Å². The second kappa shape index (κ2) is 5.04. The molecule has 1 aromatic rings. The molecule has 2 heteroatoms. The van der Waals surface area contributed by atoms with Gasteiger partial charge in [0.15, 0.2) is 0 Å². The van der Waals surface area contributed by atoms with Crippen LogP contribution in [0.1, 0.15) is 24.5 Å². The van der Waals surface area contributed by atoms with E-state index in [1.54, 1.807) is 0 Å². The van der Waals surface area contributed by atoms with Crippen LogP contribution in [0.4, 0.5) is 0 Å². The Bertz CT molecular complexity index is 307. The molecule has 1 nitrogen and oxygen atoms in total.